The molecule has 1 aliphatic rings. The van der Waals surface area contributed by atoms with Crippen LogP contribution < -0.4 is 0 Å². The number of rotatable bonds is 3. The first-order valence-electron chi connectivity index (χ1n) is 8.09. The topological polar surface area (TPSA) is 89.9 Å². The summed E-state index contributed by atoms with van der Waals surface area (Å²) in [4.78, 5) is 18.8. The van der Waals surface area contributed by atoms with E-state index in [-0.39, 0.29) is 24.0 Å². The number of amides is 1. The number of benzene rings is 1. The highest BCUT2D eigenvalue weighted by Gasteiger charge is 2.40. The van der Waals surface area contributed by atoms with E-state index in [9.17, 15) is 18.0 Å². The average Bonchev–Trinajstić information content (AvgIpc) is 3.40. The zero-order chi connectivity index (χ0) is 19.0. The number of carbonyl (C=O) groups excluding carboxylic acids is 1. The molecule has 8 nitrogen and oxygen atoms in total. The van der Waals surface area contributed by atoms with E-state index in [1.807, 2.05) is 18.2 Å². The minimum Gasteiger partial charge on any atom is -0.336 e. The van der Waals surface area contributed by atoms with Crippen molar-refractivity contribution in [3.05, 3.63) is 53.9 Å². The van der Waals surface area contributed by atoms with Crippen LogP contribution >= 0.6 is 0 Å². The van der Waals surface area contributed by atoms with Gasteiger partial charge in [-0.3, -0.25) is 4.79 Å². The van der Waals surface area contributed by atoms with E-state index in [0.717, 1.165) is 0 Å². The van der Waals surface area contributed by atoms with Crippen molar-refractivity contribution in [1.29, 1.82) is 0 Å². The molecule has 0 aliphatic carbocycles. The number of halogens is 3. The first-order valence-corrected chi connectivity index (χ1v) is 8.09. The second-order valence-corrected chi connectivity index (χ2v) is 6.05. The molecule has 0 unspecified atom stereocenters. The molecule has 1 amide bonds. The molecular weight excluding hydrogens is 365 g/mol. The number of nitrogens with zero attached hydrogens (tertiary/aromatic N) is 6. The zero-order valence-electron chi connectivity index (χ0n) is 13.8. The van der Waals surface area contributed by atoms with Gasteiger partial charge in [-0.1, -0.05) is 23.4 Å². The molecule has 0 saturated carbocycles. The van der Waals surface area contributed by atoms with Crippen molar-refractivity contribution in [3.63, 3.8) is 0 Å². The molecule has 0 radical (unpaired) electrons. The Morgan fingerprint density at radius 2 is 2.00 bits per heavy atom. The van der Waals surface area contributed by atoms with Crippen molar-refractivity contribution in [2.24, 2.45) is 0 Å². The molecule has 3 heterocycles. The number of alkyl halides is 3. The largest absolute Gasteiger partial charge is 0.471 e. The number of hydrogen-bond acceptors (Lipinski definition) is 6. The molecule has 0 bridgehead atoms. The molecular formula is C16H13F3N6O2. The van der Waals surface area contributed by atoms with Crippen molar-refractivity contribution < 1.29 is 22.5 Å². The monoisotopic (exact) mass is 378 g/mol. The standard InChI is InChI=1S/C16H13F3N6O2/c17-16(18,19)15-21-13(23-27-15)10-6-7-24(9-10)14(26)12-8-20-25(22-12)11-4-2-1-3-5-11/h1-5,8,10H,6-7,9H2/t10-/m1/s1. The molecule has 1 atom stereocenters. The average molecular weight is 378 g/mol. The Bertz CT molecular complexity index is 952. The normalized spacial score (nSPS) is 17.4. The van der Waals surface area contributed by atoms with Crippen molar-refractivity contribution in [3.8, 4) is 5.69 Å². The lowest BCUT2D eigenvalue weighted by molar-refractivity contribution is -0.159. The Morgan fingerprint density at radius 1 is 1.22 bits per heavy atom. The van der Waals surface area contributed by atoms with Crippen LogP contribution in [0.15, 0.2) is 41.1 Å². The summed E-state index contributed by atoms with van der Waals surface area (Å²) in [5.74, 6) is -2.20. The molecule has 0 N–H and O–H groups in total. The molecule has 27 heavy (non-hydrogen) atoms. The van der Waals surface area contributed by atoms with Gasteiger partial charge in [0.25, 0.3) is 5.91 Å². The quantitative estimate of drug-likeness (QED) is 0.695. The van der Waals surface area contributed by atoms with Crippen LogP contribution in [0.3, 0.4) is 0 Å². The van der Waals surface area contributed by atoms with Gasteiger partial charge < -0.3 is 9.42 Å². The van der Waals surface area contributed by atoms with Gasteiger partial charge >= 0.3 is 12.1 Å². The predicted octanol–water partition coefficient (Wildman–Crippen LogP) is 2.30. The lowest BCUT2D eigenvalue weighted by Gasteiger charge is -2.13. The SMILES string of the molecule is O=C(c1cnn(-c2ccccc2)n1)N1CC[C@@H](c2noc(C(F)(F)F)n2)C1. The minimum absolute atomic E-state index is 0.0504. The summed E-state index contributed by atoms with van der Waals surface area (Å²) in [5, 5.41) is 11.7. The summed E-state index contributed by atoms with van der Waals surface area (Å²) in [6.45, 7) is 0.547. The smallest absolute Gasteiger partial charge is 0.336 e. The van der Waals surface area contributed by atoms with Crippen molar-refractivity contribution in [2.45, 2.75) is 18.5 Å². The van der Waals surface area contributed by atoms with Crippen LogP contribution in [0, 0.1) is 0 Å². The molecule has 1 fully saturated rings. The number of carbonyl (C=O) groups is 1. The first-order chi connectivity index (χ1) is 12.9. The summed E-state index contributed by atoms with van der Waals surface area (Å²) >= 11 is 0. The third-order valence-electron chi connectivity index (χ3n) is 4.22. The Balaban J connectivity index is 1.45. The third kappa shape index (κ3) is 3.39. The van der Waals surface area contributed by atoms with Gasteiger partial charge in [0.15, 0.2) is 11.5 Å². The predicted molar refractivity (Wildman–Crippen MR) is 83.9 cm³/mol. The van der Waals surface area contributed by atoms with E-state index in [4.69, 9.17) is 0 Å². The minimum atomic E-state index is -4.69. The molecule has 1 saturated heterocycles. The third-order valence-corrected chi connectivity index (χ3v) is 4.22. The maximum Gasteiger partial charge on any atom is 0.471 e. The van der Waals surface area contributed by atoms with E-state index in [1.165, 1.54) is 15.9 Å². The lowest BCUT2D eigenvalue weighted by Crippen LogP contribution is -2.29. The van der Waals surface area contributed by atoms with Gasteiger partial charge in [0.2, 0.25) is 0 Å². The number of likely N-dealkylation sites (tertiary alicyclic amines) is 1. The van der Waals surface area contributed by atoms with E-state index in [2.05, 4.69) is 24.9 Å². The zero-order valence-corrected chi connectivity index (χ0v) is 13.8. The van der Waals surface area contributed by atoms with Gasteiger partial charge in [-0.25, -0.2) is 0 Å². The van der Waals surface area contributed by atoms with Gasteiger partial charge in [0, 0.05) is 19.0 Å². The van der Waals surface area contributed by atoms with E-state index in [0.29, 0.717) is 18.7 Å². The first kappa shape index (κ1) is 17.2. The molecule has 1 aliphatic heterocycles. The van der Waals surface area contributed by atoms with Crippen LogP contribution in [0.25, 0.3) is 5.69 Å². The highest BCUT2D eigenvalue weighted by atomic mass is 19.4. The highest BCUT2D eigenvalue weighted by Crippen LogP contribution is 2.31. The summed E-state index contributed by atoms with van der Waals surface area (Å²) in [5.41, 5.74) is 0.867. The second-order valence-electron chi connectivity index (χ2n) is 6.05. The van der Waals surface area contributed by atoms with Crippen LogP contribution in [0.5, 0.6) is 0 Å². The van der Waals surface area contributed by atoms with E-state index >= 15 is 0 Å². The maximum atomic E-state index is 12.6. The summed E-state index contributed by atoms with van der Waals surface area (Å²) in [6.07, 6.45) is -2.89. The summed E-state index contributed by atoms with van der Waals surface area (Å²) < 4.78 is 42.0. The number of aromatic nitrogens is 5. The Morgan fingerprint density at radius 3 is 2.70 bits per heavy atom. The van der Waals surface area contributed by atoms with Crippen molar-refractivity contribution in [2.75, 3.05) is 13.1 Å². The van der Waals surface area contributed by atoms with Crippen molar-refractivity contribution >= 4 is 5.91 Å². The fourth-order valence-corrected chi connectivity index (χ4v) is 2.88. The number of para-hydroxylation sites is 1. The highest BCUT2D eigenvalue weighted by molar-refractivity contribution is 5.92. The Labute approximate surface area is 150 Å². The molecule has 140 valence electrons. The van der Waals surface area contributed by atoms with Crippen molar-refractivity contribution in [1.82, 2.24) is 30.0 Å². The van der Waals surface area contributed by atoms with Gasteiger partial charge in [-0.05, 0) is 18.6 Å². The van der Waals surface area contributed by atoms with Gasteiger partial charge in [-0.15, -0.1) is 5.10 Å². The summed E-state index contributed by atoms with van der Waals surface area (Å²) in [6, 6.07) is 9.10. The summed E-state index contributed by atoms with van der Waals surface area (Å²) in [7, 11) is 0. The van der Waals surface area contributed by atoms with Gasteiger partial charge in [-0.2, -0.15) is 28.1 Å². The number of hydrogen-bond donors (Lipinski definition) is 0. The lowest BCUT2D eigenvalue weighted by atomic mass is 10.1. The fraction of sp³-hybridized carbons (Fsp3) is 0.312. The van der Waals surface area contributed by atoms with Crippen LogP contribution in [-0.2, 0) is 6.18 Å². The fourth-order valence-electron chi connectivity index (χ4n) is 2.88. The Kier molecular flexibility index (Phi) is 4.13. The van der Waals surface area contributed by atoms with Gasteiger partial charge in [0.1, 0.15) is 0 Å². The van der Waals surface area contributed by atoms with Crippen LogP contribution in [0.2, 0.25) is 0 Å². The molecule has 3 aromatic rings. The van der Waals surface area contributed by atoms with Gasteiger partial charge in [0.05, 0.1) is 11.9 Å². The molecule has 0 spiro atoms. The van der Waals surface area contributed by atoms with Crippen LogP contribution in [0.1, 0.15) is 34.5 Å². The molecule has 4 rings (SSSR count). The van der Waals surface area contributed by atoms with Crippen LogP contribution in [0.4, 0.5) is 13.2 Å². The Hall–Kier alpha value is -3.24. The molecule has 1 aromatic carbocycles. The molecule has 2 aromatic heterocycles. The van der Waals surface area contributed by atoms with E-state index < -0.39 is 18.0 Å². The van der Waals surface area contributed by atoms with Crippen LogP contribution in [-0.4, -0.2) is 49.0 Å². The maximum absolute atomic E-state index is 12.6. The second kappa shape index (κ2) is 6.49. The molecule has 11 heteroatoms. The van der Waals surface area contributed by atoms with E-state index in [1.54, 1.807) is 12.1 Å².